The van der Waals surface area contributed by atoms with Crippen LogP contribution in [0, 0.1) is 0 Å². The van der Waals surface area contributed by atoms with Gasteiger partial charge in [-0.3, -0.25) is 0 Å². The Bertz CT molecular complexity index is 578. The van der Waals surface area contributed by atoms with E-state index in [0.717, 1.165) is 16.7 Å². The van der Waals surface area contributed by atoms with Gasteiger partial charge in [0.15, 0.2) is 0 Å². The van der Waals surface area contributed by atoms with Crippen LogP contribution in [0.3, 0.4) is 0 Å². The molecule has 2 rings (SSSR count). The summed E-state index contributed by atoms with van der Waals surface area (Å²) < 4.78 is 0. The number of rotatable bonds is 2. The van der Waals surface area contributed by atoms with Crippen LogP contribution in [-0.2, 0) is 4.79 Å². The van der Waals surface area contributed by atoms with Gasteiger partial charge in [0.05, 0.1) is 11.3 Å². The Morgan fingerprint density at radius 3 is 2.88 bits per heavy atom. The molecule has 1 amide bonds. The van der Waals surface area contributed by atoms with E-state index < -0.39 is 5.91 Å². The van der Waals surface area contributed by atoms with Crippen LogP contribution in [0.1, 0.15) is 0 Å². The van der Waals surface area contributed by atoms with Crippen molar-refractivity contribution in [2.45, 2.75) is 0 Å². The van der Waals surface area contributed by atoms with E-state index >= 15 is 0 Å². The normalized spacial score (nSPS) is 13.1. The second-order valence-corrected chi connectivity index (χ2v) is 3.23. The van der Waals surface area contributed by atoms with Gasteiger partial charge in [0.2, 0.25) is 0 Å². The van der Waals surface area contributed by atoms with Crippen molar-refractivity contribution in [3.05, 3.63) is 65.1 Å². The first-order chi connectivity index (χ1) is 7.75. The first-order valence-electron chi connectivity index (χ1n) is 4.80. The summed E-state index contributed by atoms with van der Waals surface area (Å²) in [4.78, 5) is 10.5. The zero-order valence-electron chi connectivity index (χ0n) is 9.50. The number of carbonyl (C=O) groups is 1. The molecule has 0 bridgehead atoms. The first-order valence-corrected chi connectivity index (χ1v) is 4.80. The number of allylic oxidation sites excluding steroid dienone is 1. The van der Waals surface area contributed by atoms with Gasteiger partial charge in [0, 0.05) is 17.6 Å². The van der Waals surface area contributed by atoms with Crippen molar-refractivity contribution >= 4 is 12.0 Å². The third-order valence-electron chi connectivity index (χ3n) is 2.05. The molecule has 0 saturated carbocycles. The maximum absolute atomic E-state index is 10.5. The predicted molar refractivity (Wildman–Crippen MR) is 61.1 cm³/mol. The van der Waals surface area contributed by atoms with Crippen LogP contribution in [0.25, 0.3) is 11.8 Å². The molecule has 1 aromatic carbocycles. The largest absolute Gasteiger partial charge is 1.00 e. The fourth-order valence-electron chi connectivity index (χ4n) is 1.34. The van der Waals surface area contributed by atoms with Crippen LogP contribution in [0.15, 0.2) is 53.9 Å². The summed E-state index contributed by atoms with van der Waals surface area (Å²) in [7, 11) is 0. The molecule has 4 nitrogen and oxygen atoms in total. The Kier molecular flexibility index (Phi) is 5.15. The number of nitrogens with zero attached hydrogens (tertiary/aromatic N) is 2. The third-order valence-corrected chi connectivity index (χ3v) is 2.05. The molecule has 0 fully saturated rings. The van der Waals surface area contributed by atoms with Gasteiger partial charge in [-0.25, -0.2) is 5.01 Å². The molecule has 0 aliphatic carbocycles. The molecule has 1 aromatic rings. The second-order valence-electron chi connectivity index (χ2n) is 3.23. The maximum Gasteiger partial charge on any atom is 1.00 e. The Labute approximate surface area is 121 Å². The molecule has 0 aromatic heterocycles. The molecule has 17 heavy (non-hydrogen) atoms. The number of fused-ring (bicyclic) bond motifs is 1. The Hall–Kier alpha value is -1.36. The summed E-state index contributed by atoms with van der Waals surface area (Å²) >= 11 is 0. The molecule has 0 atom stereocenters. The van der Waals surface area contributed by atoms with Crippen LogP contribution in [0.4, 0.5) is 0 Å². The smallest absolute Gasteiger partial charge is 0.664 e. The molecule has 1 N–H and O–H groups in total. The minimum absolute atomic E-state index is 0. The van der Waals surface area contributed by atoms with Gasteiger partial charge in [-0.1, -0.05) is 24.3 Å². The molecular weight excluding hydrogens is 225 g/mol. The summed E-state index contributed by atoms with van der Waals surface area (Å²) in [6.07, 6.45) is 8.12. The number of carbonyl (C=O) groups excluding carboxylic acids is 1. The van der Waals surface area contributed by atoms with Gasteiger partial charge < -0.3 is 10.5 Å². The number of hydrogen-bond donors (Lipinski definition) is 0. The van der Waals surface area contributed by atoms with Crippen molar-refractivity contribution in [3.8, 4) is 0 Å². The van der Waals surface area contributed by atoms with Crippen LogP contribution < -0.4 is 40.1 Å². The van der Waals surface area contributed by atoms with E-state index in [1.165, 1.54) is 11.2 Å². The van der Waals surface area contributed by atoms with Crippen molar-refractivity contribution < 1.29 is 34.4 Å². The van der Waals surface area contributed by atoms with E-state index in [1.807, 2.05) is 36.4 Å². The van der Waals surface area contributed by atoms with E-state index in [0.29, 0.717) is 0 Å². The summed E-state index contributed by atoms with van der Waals surface area (Å²) in [5.74, 6) is -0.745. The van der Waals surface area contributed by atoms with Crippen molar-refractivity contribution in [2.75, 3.05) is 0 Å². The van der Waals surface area contributed by atoms with Crippen LogP contribution >= 0.6 is 0 Å². The SMILES string of the molecule is [NH-]C(=O)C=CN1C=CC=c2ccccc2=N1.[Na+]. The fourth-order valence-corrected chi connectivity index (χ4v) is 1.34. The topological polar surface area (TPSA) is 56.5 Å². The molecule has 1 aliphatic heterocycles. The second kappa shape index (κ2) is 6.39. The zero-order chi connectivity index (χ0) is 11.4. The summed E-state index contributed by atoms with van der Waals surface area (Å²) in [5, 5.41) is 7.66. The molecule has 0 spiro atoms. The van der Waals surface area contributed by atoms with Gasteiger partial charge in [-0.2, -0.15) is 5.10 Å². The van der Waals surface area contributed by atoms with Gasteiger partial charge in [-0.05, 0) is 18.2 Å². The maximum atomic E-state index is 10.5. The van der Waals surface area contributed by atoms with Gasteiger partial charge in [0.1, 0.15) is 0 Å². The van der Waals surface area contributed by atoms with Crippen molar-refractivity contribution in [1.82, 2.24) is 5.01 Å². The minimum atomic E-state index is -0.745. The van der Waals surface area contributed by atoms with Gasteiger partial charge >= 0.3 is 29.6 Å². The molecule has 80 valence electrons. The number of benzene rings is 1. The number of nitrogens with one attached hydrogen (secondary N) is 1. The molecule has 1 heterocycles. The fraction of sp³-hybridized carbons (Fsp3) is 0. The molecule has 1 aliphatic rings. The van der Waals surface area contributed by atoms with Crippen LogP contribution in [-0.4, -0.2) is 10.9 Å². The average molecular weight is 235 g/mol. The molecular formula is C12H10N3NaO. The standard InChI is InChI=1S/C12H11N3O.Na/c13-12(16)7-9-15-8-3-5-10-4-1-2-6-11(10)14-15;/h1-9H,(H2,13,16);/q;+1/p-1. The quantitative estimate of drug-likeness (QED) is 0.437. The number of hydrogen-bond acceptors (Lipinski definition) is 3. The van der Waals surface area contributed by atoms with E-state index in [-0.39, 0.29) is 29.6 Å². The van der Waals surface area contributed by atoms with E-state index in [4.69, 9.17) is 5.73 Å². The molecule has 0 saturated heterocycles. The summed E-state index contributed by atoms with van der Waals surface area (Å²) in [6.45, 7) is 0. The van der Waals surface area contributed by atoms with Gasteiger partial charge in [-0.15, -0.1) is 0 Å². The van der Waals surface area contributed by atoms with Crippen LogP contribution in [0.2, 0.25) is 0 Å². The average Bonchev–Trinajstić information content (AvgIpc) is 2.47. The van der Waals surface area contributed by atoms with Crippen molar-refractivity contribution in [3.63, 3.8) is 0 Å². The van der Waals surface area contributed by atoms with Crippen LogP contribution in [0.5, 0.6) is 0 Å². The van der Waals surface area contributed by atoms with Gasteiger partial charge in [0.25, 0.3) is 0 Å². The summed E-state index contributed by atoms with van der Waals surface area (Å²) in [6, 6.07) is 7.70. The monoisotopic (exact) mass is 235 g/mol. The molecule has 5 heteroatoms. The zero-order valence-corrected chi connectivity index (χ0v) is 11.5. The Morgan fingerprint density at radius 1 is 1.35 bits per heavy atom. The molecule has 0 radical (unpaired) electrons. The number of amides is 1. The third kappa shape index (κ3) is 3.85. The Balaban J connectivity index is 0.00000144. The molecule has 0 unspecified atom stereocenters. The predicted octanol–water partition coefficient (Wildman–Crippen LogP) is -2.07. The Morgan fingerprint density at radius 2 is 2.12 bits per heavy atom. The minimum Gasteiger partial charge on any atom is -0.664 e. The van der Waals surface area contributed by atoms with Crippen molar-refractivity contribution in [1.29, 1.82) is 0 Å². The first kappa shape index (κ1) is 13.7. The van der Waals surface area contributed by atoms with E-state index in [1.54, 1.807) is 6.20 Å². The summed E-state index contributed by atoms with van der Waals surface area (Å²) in [5.41, 5.74) is 6.77. The van der Waals surface area contributed by atoms with E-state index in [9.17, 15) is 4.79 Å². The van der Waals surface area contributed by atoms with E-state index in [2.05, 4.69) is 5.10 Å². The van der Waals surface area contributed by atoms with Crippen molar-refractivity contribution in [2.24, 2.45) is 5.10 Å².